The smallest absolute Gasteiger partial charge is 0.114 e. The van der Waals surface area contributed by atoms with Crippen molar-refractivity contribution in [3.8, 4) is 0 Å². The summed E-state index contributed by atoms with van der Waals surface area (Å²) in [4.78, 5) is 2.26. The third-order valence-corrected chi connectivity index (χ3v) is 2.31. The van der Waals surface area contributed by atoms with E-state index >= 15 is 0 Å². The van der Waals surface area contributed by atoms with Crippen LogP contribution < -0.4 is 5.32 Å². The molecule has 0 bridgehead atoms. The monoisotopic (exact) mass is 174 g/mol. The average molecular weight is 174 g/mol. The van der Waals surface area contributed by atoms with E-state index in [0.29, 0.717) is 19.0 Å². The van der Waals surface area contributed by atoms with Crippen molar-refractivity contribution < 1.29 is 4.39 Å². The first kappa shape index (κ1) is 9.93. The van der Waals surface area contributed by atoms with Crippen LogP contribution in [0.25, 0.3) is 0 Å². The Morgan fingerprint density at radius 2 is 2.33 bits per heavy atom. The summed E-state index contributed by atoms with van der Waals surface area (Å²) in [6, 6.07) is 0.372. The van der Waals surface area contributed by atoms with Gasteiger partial charge in [-0.15, -0.1) is 0 Å². The van der Waals surface area contributed by atoms with Crippen LogP contribution in [0.1, 0.15) is 19.8 Å². The quantitative estimate of drug-likeness (QED) is 0.684. The maximum absolute atomic E-state index is 12.7. The maximum Gasteiger partial charge on any atom is 0.114 e. The molecule has 0 aromatic heterocycles. The van der Waals surface area contributed by atoms with E-state index in [0.717, 1.165) is 13.1 Å². The molecule has 0 aromatic carbocycles. The number of rotatable bonds is 4. The minimum atomic E-state index is -0.620. The molecule has 2 atom stereocenters. The zero-order chi connectivity index (χ0) is 8.97. The van der Waals surface area contributed by atoms with Crippen LogP contribution in [-0.4, -0.2) is 43.8 Å². The SMILES string of the molecule is CCCN(C)CC1CC(F)CN1. The molecule has 0 spiro atoms. The van der Waals surface area contributed by atoms with Gasteiger partial charge >= 0.3 is 0 Å². The second kappa shape index (κ2) is 4.77. The highest BCUT2D eigenvalue weighted by atomic mass is 19.1. The van der Waals surface area contributed by atoms with Crippen LogP contribution in [0.4, 0.5) is 4.39 Å². The second-order valence-corrected chi connectivity index (χ2v) is 3.70. The minimum Gasteiger partial charge on any atom is -0.310 e. The summed E-state index contributed by atoms with van der Waals surface area (Å²) in [6.07, 6.45) is 1.24. The van der Waals surface area contributed by atoms with Crippen molar-refractivity contribution in [2.75, 3.05) is 26.7 Å². The molecule has 0 radical (unpaired) electrons. The Labute approximate surface area is 74.1 Å². The Morgan fingerprint density at radius 3 is 2.83 bits per heavy atom. The fourth-order valence-corrected chi connectivity index (χ4v) is 1.76. The molecule has 1 rings (SSSR count). The molecule has 12 heavy (non-hydrogen) atoms. The summed E-state index contributed by atoms with van der Waals surface area (Å²) in [6.45, 7) is 4.80. The highest BCUT2D eigenvalue weighted by Crippen LogP contribution is 2.10. The lowest BCUT2D eigenvalue weighted by atomic mass is 10.2. The van der Waals surface area contributed by atoms with Crippen LogP contribution in [0, 0.1) is 0 Å². The normalized spacial score (nSPS) is 30.0. The summed E-state index contributed by atoms with van der Waals surface area (Å²) in [7, 11) is 2.09. The van der Waals surface area contributed by atoms with Crippen LogP contribution in [-0.2, 0) is 0 Å². The highest BCUT2D eigenvalue weighted by Gasteiger charge is 2.23. The topological polar surface area (TPSA) is 15.3 Å². The van der Waals surface area contributed by atoms with Crippen molar-refractivity contribution in [3.05, 3.63) is 0 Å². The molecule has 1 heterocycles. The molecule has 2 nitrogen and oxygen atoms in total. The first-order valence-corrected chi connectivity index (χ1v) is 4.78. The van der Waals surface area contributed by atoms with Crippen molar-refractivity contribution in [1.82, 2.24) is 10.2 Å². The van der Waals surface area contributed by atoms with E-state index in [-0.39, 0.29) is 0 Å². The van der Waals surface area contributed by atoms with Crippen molar-refractivity contribution >= 4 is 0 Å². The molecule has 1 aliphatic heterocycles. The summed E-state index contributed by atoms with van der Waals surface area (Å²) in [5.74, 6) is 0. The van der Waals surface area contributed by atoms with Crippen LogP contribution in [0.3, 0.4) is 0 Å². The lowest BCUT2D eigenvalue weighted by Gasteiger charge is -2.19. The van der Waals surface area contributed by atoms with E-state index in [1.54, 1.807) is 0 Å². The Hall–Kier alpha value is -0.150. The molecular formula is C9H19FN2. The zero-order valence-electron chi connectivity index (χ0n) is 8.02. The number of nitrogens with zero attached hydrogens (tertiary/aromatic N) is 1. The summed E-state index contributed by atoms with van der Waals surface area (Å²) in [5.41, 5.74) is 0. The molecule has 1 saturated heterocycles. The highest BCUT2D eigenvalue weighted by molar-refractivity contribution is 4.83. The van der Waals surface area contributed by atoms with E-state index < -0.39 is 6.17 Å². The van der Waals surface area contributed by atoms with Crippen molar-refractivity contribution in [2.24, 2.45) is 0 Å². The molecule has 0 aromatic rings. The van der Waals surface area contributed by atoms with Gasteiger partial charge in [-0.3, -0.25) is 0 Å². The molecule has 0 aliphatic carbocycles. The van der Waals surface area contributed by atoms with Gasteiger partial charge in [0.05, 0.1) is 0 Å². The Kier molecular flexibility index (Phi) is 3.95. The van der Waals surface area contributed by atoms with E-state index in [1.165, 1.54) is 6.42 Å². The maximum atomic E-state index is 12.7. The average Bonchev–Trinajstić information content (AvgIpc) is 2.36. The van der Waals surface area contributed by atoms with Gasteiger partial charge in [0.25, 0.3) is 0 Å². The summed E-state index contributed by atoms with van der Waals surface area (Å²) < 4.78 is 12.7. The lowest BCUT2D eigenvalue weighted by molar-refractivity contribution is 0.290. The molecular weight excluding hydrogens is 155 g/mol. The Balaban J connectivity index is 2.14. The van der Waals surface area contributed by atoms with Crippen molar-refractivity contribution in [1.29, 1.82) is 0 Å². The van der Waals surface area contributed by atoms with Gasteiger partial charge in [-0.05, 0) is 26.4 Å². The molecule has 1 N–H and O–H groups in total. The van der Waals surface area contributed by atoms with Crippen LogP contribution in [0.2, 0.25) is 0 Å². The molecule has 72 valence electrons. The fourth-order valence-electron chi connectivity index (χ4n) is 1.76. The van der Waals surface area contributed by atoms with Crippen LogP contribution in [0.15, 0.2) is 0 Å². The largest absolute Gasteiger partial charge is 0.310 e. The fraction of sp³-hybridized carbons (Fsp3) is 1.00. The molecule has 2 unspecified atom stereocenters. The van der Waals surface area contributed by atoms with Gasteiger partial charge in [-0.2, -0.15) is 0 Å². The Morgan fingerprint density at radius 1 is 1.58 bits per heavy atom. The van der Waals surface area contributed by atoms with Gasteiger partial charge in [0, 0.05) is 19.1 Å². The number of alkyl halides is 1. The van der Waals surface area contributed by atoms with Gasteiger partial charge in [0.15, 0.2) is 0 Å². The van der Waals surface area contributed by atoms with Gasteiger partial charge in [-0.25, -0.2) is 4.39 Å². The minimum absolute atomic E-state index is 0.372. The number of hydrogen-bond acceptors (Lipinski definition) is 2. The predicted octanol–water partition coefficient (Wildman–Crippen LogP) is 1.03. The van der Waals surface area contributed by atoms with E-state index in [4.69, 9.17) is 0 Å². The van der Waals surface area contributed by atoms with E-state index in [9.17, 15) is 4.39 Å². The lowest BCUT2D eigenvalue weighted by Crippen LogP contribution is -2.35. The second-order valence-electron chi connectivity index (χ2n) is 3.70. The third-order valence-electron chi connectivity index (χ3n) is 2.31. The Bertz CT molecular complexity index is 130. The number of halogens is 1. The molecule has 1 aliphatic rings. The predicted molar refractivity (Wildman–Crippen MR) is 49.1 cm³/mol. The molecule has 0 saturated carbocycles. The van der Waals surface area contributed by atoms with Gasteiger partial charge in [0.1, 0.15) is 6.17 Å². The number of hydrogen-bond donors (Lipinski definition) is 1. The number of likely N-dealkylation sites (N-methyl/N-ethyl adjacent to an activating group) is 1. The van der Waals surface area contributed by atoms with Gasteiger partial charge in [-0.1, -0.05) is 6.92 Å². The van der Waals surface area contributed by atoms with Gasteiger partial charge < -0.3 is 10.2 Å². The standard InChI is InChI=1S/C9H19FN2/c1-3-4-12(2)7-9-5-8(10)6-11-9/h8-9,11H,3-7H2,1-2H3. The van der Waals surface area contributed by atoms with Crippen LogP contribution >= 0.6 is 0 Å². The first-order valence-electron chi connectivity index (χ1n) is 4.78. The summed E-state index contributed by atoms with van der Waals surface area (Å²) in [5, 5.41) is 3.18. The third kappa shape index (κ3) is 3.07. The number of nitrogens with one attached hydrogen (secondary N) is 1. The van der Waals surface area contributed by atoms with Gasteiger partial charge in [0.2, 0.25) is 0 Å². The van der Waals surface area contributed by atoms with E-state index in [1.807, 2.05) is 0 Å². The van der Waals surface area contributed by atoms with E-state index in [2.05, 4.69) is 24.2 Å². The molecule has 1 fully saturated rings. The molecule has 0 amide bonds. The first-order chi connectivity index (χ1) is 5.72. The zero-order valence-corrected chi connectivity index (χ0v) is 8.02. The van der Waals surface area contributed by atoms with Crippen LogP contribution in [0.5, 0.6) is 0 Å². The molecule has 3 heteroatoms. The van der Waals surface area contributed by atoms with Crippen molar-refractivity contribution in [3.63, 3.8) is 0 Å². The van der Waals surface area contributed by atoms with Crippen molar-refractivity contribution in [2.45, 2.75) is 32.0 Å². The summed E-state index contributed by atoms with van der Waals surface area (Å²) >= 11 is 0.